The van der Waals surface area contributed by atoms with Crippen molar-refractivity contribution in [3.05, 3.63) is 76.3 Å². The number of nitro groups is 1. The molecule has 26 heavy (non-hydrogen) atoms. The van der Waals surface area contributed by atoms with Crippen LogP contribution in [0.1, 0.15) is 12.5 Å². The molecule has 0 radical (unpaired) electrons. The van der Waals surface area contributed by atoms with E-state index in [0.29, 0.717) is 11.4 Å². The third kappa shape index (κ3) is 3.80. The molecule has 0 heterocycles. The molecular formula is C20H18N2O4. The molecule has 1 amide bonds. The van der Waals surface area contributed by atoms with Crippen LogP contribution in [0.2, 0.25) is 0 Å². The van der Waals surface area contributed by atoms with Crippen LogP contribution < -0.4 is 10.1 Å². The second-order valence-electron chi connectivity index (χ2n) is 6.01. The number of nitro benzene ring substituents is 1. The molecule has 1 unspecified atom stereocenters. The summed E-state index contributed by atoms with van der Waals surface area (Å²) in [5.41, 5.74) is 1.06. The molecule has 3 aromatic carbocycles. The van der Waals surface area contributed by atoms with E-state index in [9.17, 15) is 14.9 Å². The van der Waals surface area contributed by atoms with E-state index in [0.717, 1.165) is 16.3 Å². The van der Waals surface area contributed by atoms with E-state index in [1.807, 2.05) is 42.5 Å². The van der Waals surface area contributed by atoms with Crippen LogP contribution in [0.5, 0.6) is 5.75 Å². The number of nitrogens with one attached hydrogen (secondary N) is 1. The standard InChI is InChI=1S/C20H18N2O4/c1-13-7-9-17(22(24)25)12-19(13)21-20(23)14(2)26-18-10-8-15-5-3-4-6-16(15)11-18/h3-12,14H,1-2H3,(H,21,23). The minimum atomic E-state index is -0.755. The lowest BCUT2D eigenvalue weighted by molar-refractivity contribution is -0.384. The van der Waals surface area contributed by atoms with Gasteiger partial charge in [-0.05, 0) is 42.3 Å². The highest BCUT2D eigenvalue weighted by atomic mass is 16.6. The van der Waals surface area contributed by atoms with Crippen LogP contribution in [-0.2, 0) is 4.79 Å². The summed E-state index contributed by atoms with van der Waals surface area (Å²) in [5, 5.41) is 15.7. The van der Waals surface area contributed by atoms with Crippen molar-refractivity contribution < 1.29 is 14.5 Å². The maximum atomic E-state index is 12.4. The van der Waals surface area contributed by atoms with Gasteiger partial charge in [0.25, 0.3) is 11.6 Å². The van der Waals surface area contributed by atoms with Crippen molar-refractivity contribution >= 4 is 28.1 Å². The molecule has 6 heteroatoms. The van der Waals surface area contributed by atoms with Crippen molar-refractivity contribution in [3.8, 4) is 5.75 Å². The van der Waals surface area contributed by atoms with Crippen LogP contribution in [0.15, 0.2) is 60.7 Å². The first-order valence-electron chi connectivity index (χ1n) is 8.15. The monoisotopic (exact) mass is 350 g/mol. The molecular weight excluding hydrogens is 332 g/mol. The fourth-order valence-corrected chi connectivity index (χ4v) is 2.59. The fourth-order valence-electron chi connectivity index (χ4n) is 2.59. The highest BCUT2D eigenvalue weighted by Gasteiger charge is 2.17. The summed E-state index contributed by atoms with van der Waals surface area (Å²) in [7, 11) is 0. The third-order valence-electron chi connectivity index (χ3n) is 4.09. The fraction of sp³-hybridized carbons (Fsp3) is 0.150. The van der Waals surface area contributed by atoms with Crippen molar-refractivity contribution in [1.29, 1.82) is 0 Å². The van der Waals surface area contributed by atoms with E-state index < -0.39 is 11.0 Å². The number of hydrogen-bond donors (Lipinski definition) is 1. The number of aryl methyl sites for hydroxylation is 1. The summed E-state index contributed by atoms with van der Waals surface area (Å²) in [6.45, 7) is 3.41. The largest absolute Gasteiger partial charge is 0.481 e. The minimum Gasteiger partial charge on any atom is -0.481 e. The highest BCUT2D eigenvalue weighted by Crippen LogP contribution is 2.24. The first-order chi connectivity index (χ1) is 12.4. The second kappa shape index (κ2) is 7.23. The molecule has 6 nitrogen and oxygen atoms in total. The molecule has 0 saturated carbocycles. The number of nitrogens with zero attached hydrogens (tertiary/aromatic N) is 1. The number of fused-ring (bicyclic) bond motifs is 1. The number of non-ortho nitro benzene ring substituents is 1. The van der Waals surface area contributed by atoms with E-state index in [1.54, 1.807) is 19.9 Å². The van der Waals surface area contributed by atoms with Gasteiger partial charge in [0, 0.05) is 12.1 Å². The predicted molar refractivity (Wildman–Crippen MR) is 101 cm³/mol. The Morgan fingerprint density at radius 2 is 1.81 bits per heavy atom. The van der Waals surface area contributed by atoms with Crippen molar-refractivity contribution in [1.82, 2.24) is 0 Å². The van der Waals surface area contributed by atoms with Crippen molar-refractivity contribution in [2.75, 3.05) is 5.32 Å². The summed E-state index contributed by atoms with van der Waals surface area (Å²) < 4.78 is 5.73. The number of carbonyl (C=O) groups is 1. The normalized spacial score (nSPS) is 11.8. The average Bonchev–Trinajstić information content (AvgIpc) is 2.63. The number of rotatable bonds is 5. The molecule has 0 aliphatic carbocycles. The number of ether oxygens (including phenoxy) is 1. The van der Waals surface area contributed by atoms with Gasteiger partial charge >= 0.3 is 0 Å². The number of carbonyl (C=O) groups excluding carboxylic acids is 1. The SMILES string of the molecule is Cc1ccc([N+](=O)[O-])cc1NC(=O)C(C)Oc1ccc2ccccc2c1. The second-order valence-corrected chi connectivity index (χ2v) is 6.01. The molecule has 0 fully saturated rings. The molecule has 0 spiro atoms. The smallest absolute Gasteiger partial charge is 0.271 e. The van der Waals surface area contributed by atoms with Gasteiger partial charge in [-0.1, -0.05) is 36.4 Å². The summed E-state index contributed by atoms with van der Waals surface area (Å²) in [5.74, 6) is 0.212. The predicted octanol–water partition coefficient (Wildman–Crippen LogP) is 4.46. The van der Waals surface area contributed by atoms with Gasteiger partial charge in [0.2, 0.25) is 0 Å². The molecule has 0 aliphatic rings. The van der Waals surface area contributed by atoms with Crippen molar-refractivity contribution in [3.63, 3.8) is 0 Å². The Bertz CT molecular complexity index is 984. The van der Waals surface area contributed by atoms with Crippen LogP contribution in [0.25, 0.3) is 10.8 Å². The molecule has 0 aromatic heterocycles. The zero-order valence-electron chi connectivity index (χ0n) is 14.4. The van der Waals surface area contributed by atoms with Crippen molar-refractivity contribution in [2.24, 2.45) is 0 Å². The molecule has 0 aliphatic heterocycles. The maximum absolute atomic E-state index is 12.4. The summed E-state index contributed by atoms with van der Waals surface area (Å²) >= 11 is 0. The number of benzene rings is 3. The van der Waals surface area contributed by atoms with Gasteiger partial charge < -0.3 is 10.1 Å². The van der Waals surface area contributed by atoms with Gasteiger partial charge in [-0.2, -0.15) is 0 Å². The molecule has 0 saturated heterocycles. The lowest BCUT2D eigenvalue weighted by Gasteiger charge is -2.16. The van der Waals surface area contributed by atoms with E-state index in [4.69, 9.17) is 4.74 Å². The Kier molecular flexibility index (Phi) is 4.84. The number of hydrogen-bond acceptors (Lipinski definition) is 4. The van der Waals surface area contributed by atoms with Crippen LogP contribution in [0.4, 0.5) is 11.4 Å². The van der Waals surface area contributed by atoms with E-state index in [1.165, 1.54) is 12.1 Å². The van der Waals surface area contributed by atoms with E-state index in [2.05, 4.69) is 5.32 Å². The Morgan fingerprint density at radius 1 is 1.08 bits per heavy atom. The zero-order chi connectivity index (χ0) is 18.7. The Morgan fingerprint density at radius 3 is 2.54 bits per heavy atom. The van der Waals surface area contributed by atoms with Gasteiger partial charge in [0.1, 0.15) is 5.75 Å². The zero-order valence-corrected chi connectivity index (χ0v) is 14.4. The van der Waals surface area contributed by atoms with Crippen molar-refractivity contribution in [2.45, 2.75) is 20.0 Å². The van der Waals surface area contributed by atoms with Crippen LogP contribution >= 0.6 is 0 Å². The Balaban J connectivity index is 1.73. The lowest BCUT2D eigenvalue weighted by atomic mass is 10.1. The number of amides is 1. The maximum Gasteiger partial charge on any atom is 0.271 e. The Labute approximate surface area is 150 Å². The first kappa shape index (κ1) is 17.4. The Hall–Kier alpha value is -3.41. The minimum absolute atomic E-state index is 0.0750. The summed E-state index contributed by atoms with van der Waals surface area (Å²) in [6, 6.07) is 17.8. The number of anilines is 1. The van der Waals surface area contributed by atoms with E-state index >= 15 is 0 Å². The molecule has 1 N–H and O–H groups in total. The van der Waals surface area contributed by atoms with Crippen LogP contribution in [0.3, 0.4) is 0 Å². The van der Waals surface area contributed by atoms with Gasteiger partial charge in [0.05, 0.1) is 10.6 Å². The molecule has 3 rings (SSSR count). The van der Waals surface area contributed by atoms with Crippen LogP contribution in [-0.4, -0.2) is 16.9 Å². The third-order valence-corrected chi connectivity index (χ3v) is 4.09. The van der Waals surface area contributed by atoms with Crippen LogP contribution in [0, 0.1) is 17.0 Å². The topological polar surface area (TPSA) is 81.5 Å². The van der Waals surface area contributed by atoms with Gasteiger partial charge in [-0.15, -0.1) is 0 Å². The first-order valence-corrected chi connectivity index (χ1v) is 8.15. The van der Waals surface area contributed by atoms with Gasteiger partial charge in [-0.3, -0.25) is 14.9 Å². The average molecular weight is 350 g/mol. The summed E-state index contributed by atoms with van der Waals surface area (Å²) in [6.07, 6.45) is -0.755. The molecule has 0 bridgehead atoms. The summed E-state index contributed by atoms with van der Waals surface area (Å²) in [4.78, 5) is 22.8. The van der Waals surface area contributed by atoms with Gasteiger partial charge in [0.15, 0.2) is 6.10 Å². The quantitative estimate of drug-likeness (QED) is 0.544. The molecule has 132 valence electrons. The van der Waals surface area contributed by atoms with Gasteiger partial charge in [-0.25, -0.2) is 0 Å². The molecule has 1 atom stereocenters. The van der Waals surface area contributed by atoms with E-state index in [-0.39, 0.29) is 11.6 Å². The molecule has 3 aromatic rings. The highest BCUT2D eigenvalue weighted by molar-refractivity contribution is 5.95. The lowest BCUT2D eigenvalue weighted by Crippen LogP contribution is -2.30.